The number of likely N-dealkylation sites (tertiary alicyclic amines) is 1. The van der Waals surface area contributed by atoms with E-state index < -0.39 is 0 Å². The lowest BCUT2D eigenvalue weighted by molar-refractivity contribution is 0.0942. The van der Waals surface area contributed by atoms with Crippen LogP contribution in [-0.2, 0) is 11.3 Å². The second-order valence-electron chi connectivity index (χ2n) is 6.04. The molecule has 116 valence electrons. The van der Waals surface area contributed by atoms with E-state index in [9.17, 15) is 4.79 Å². The molecule has 4 heteroatoms. The van der Waals surface area contributed by atoms with Crippen LogP contribution in [0, 0.1) is 5.92 Å². The highest BCUT2D eigenvalue weighted by Crippen LogP contribution is 2.18. The van der Waals surface area contributed by atoms with Gasteiger partial charge in [0.05, 0.1) is 6.61 Å². The second kappa shape index (κ2) is 7.57. The van der Waals surface area contributed by atoms with E-state index in [2.05, 4.69) is 24.1 Å². The van der Waals surface area contributed by atoms with Gasteiger partial charge in [0.15, 0.2) is 0 Å². The number of carbonyl (C=O) groups excluding carboxylic acids is 1. The third-order valence-corrected chi connectivity index (χ3v) is 4.16. The van der Waals surface area contributed by atoms with E-state index >= 15 is 0 Å². The highest BCUT2D eigenvalue weighted by atomic mass is 16.5. The highest BCUT2D eigenvalue weighted by molar-refractivity contribution is 5.95. The van der Waals surface area contributed by atoms with E-state index in [1.165, 1.54) is 0 Å². The normalized spacial score (nSPS) is 19.1. The molecule has 0 saturated carbocycles. The fourth-order valence-electron chi connectivity index (χ4n) is 2.85. The van der Waals surface area contributed by atoms with Crippen molar-refractivity contribution in [2.24, 2.45) is 5.92 Å². The van der Waals surface area contributed by atoms with Gasteiger partial charge in [-0.3, -0.25) is 4.79 Å². The summed E-state index contributed by atoms with van der Waals surface area (Å²) in [5, 5.41) is 3.08. The topological polar surface area (TPSA) is 41.6 Å². The molecule has 1 aromatic carbocycles. The monoisotopic (exact) mass is 290 g/mol. The van der Waals surface area contributed by atoms with Crippen LogP contribution >= 0.6 is 0 Å². The van der Waals surface area contributed by atoms with Crippen LogP contribution in [0.15, 0.2) is 24.3 Å². The highest BCUT2D eigenvalue weighted by Gasteiger charge is 2.24. The summed E-state index contributed by atoms with van der Waals surface area (Å²) >= 11 is 0. The molecule has 1 aliphatic heterocycles. The number of hydrogen-bond acceptors (Lipinski definition) is 3. The van der Waals surface area contributed by atoms with Crippen LogP contribution in [0.5, 0.6) is 0 Å². The van der Waals surface area contributed by atoms with E-state index in [0.29, 0.717) is 18.6 Å². The first-order valence-corrected chi connectivity index (χ1v) is 7.71. The average molecular weight is 290 g/mol. The summed E-state index contributed by atoms with van der Waals surface area (Å²) in [6, 6.07) is 8.22. The van der Waals surface area contributed by atoms with Crippen LogP contribution < -0.4 is 5.32 Å². The molecule has 0 bridgehead atoms. The van der Waals surface area contributed by atoms with Crippen molar-refractivity contribution in [3.63, 3.8) is 0 Å². The van der Waals surface area contributed by atoms with Crippen LogP contribution in [0.4, 0.5) is 0 Å². The Balaban J connectivity index is 1.88. The molecule has 1 aromatic rings. The standard InChI is InChI=1S/C17H26N2O2/c1-13(2)19-9-8-14(11-19)10-18-17(20)16-7-5-4-6-15(16)12-21-3/h4-7,13-14H,8-12H2,1-3H3,(H,18,20)/t14-/m0/s1. The summed E-state index contributed by atoms with van der Waals surface area (Å²) < 4.78 is 5.15. The fraction of sp³-hybridized carbons (Fsp3) is 0.588. The van der Waals surface area contributed by atoms with Crippen molar-refractivity contribution in [2.75, 3.05) is 26.7 Å². The molecule has 0 spiro atoms. The Morgan fingerprint density at radius 2 is 2.19 bits per heavy atom. The number of nitrogens with zero attached hydrogens (tertiary/aromatic N) is 1. The van der Waals surface area contributed by atoms with Gasteiger partial charge >= 0.3 is 0 Å². The minimum Gasteiger partial charge on any atom is -0.380 e. The number of ether oxygens (including phenoxy) is 1. The number of benzene rings is 1. The van der Waals surface area contributed by atoms with Crippen LogP contribution in [0.25, 0.3) is 0 Å². The maximum Gasteiger partial charge on any atom is 0.251 e. The van der Waals surface area contributed by atoms with Gasteiger partial charge in [-0.1, -0.05) is 18.2 Å². The summed E-state index contributed by atoms with van der Waals surface area (Å²) in [6.45, 7) is 7.89. The van der Waals surface area contributed by atoms with Gasteiger partial charge in [0.2, 0.25) is 0 Å². The zero-order chi connectivity index (χ0) is 15.2. The molecule has 1 saturated heterocycles. The Morgan fingerprint density at radius 1 is 1.43 bits per heavy atom. The minimum absolute atomic E-state index is 0.00523. The third-order valence-electron chi connectivity index (χ3n) is 4.16. The Morgan fingerprint density at radius 3 is 2.86 bits per heavy atom. The van der Waals surface area contributed by atoms with E-state index in [1.807, 2.05) is 24.3 Å². The number of rotatable bonds is 6. The van der Waals surface area contributed by atoms with Gasteiger partial charge in [-0.05, 0) is 44.4 Å². The zero-order valence-corrected chi connectivity index (χ0v) is 13.3. The third kappa shape index (κ3) is 4.29. The smallest absolute Gasteiger partial charge is 0.251 e. The van der Waals surface area contributed by atoms with Crippen molar-refractivity contribution in [3.8, 4) is 0 Å². The lowest BCUT2D eigenvalue weighted by atomic mass is 10.1. The Labute approximate surface area is 127 Å². The molecular weight excluding hydrogens is 264 g/mol. The maximum absolute atomic E-state index is 12.3. The summed E-state index contributed by atoms with van der Waals surface area (Å²) in [4.78, 5) is 14.8. The predicted molar refractivity (Wildman–Crippen MR) is 84.3 cm³/mol. The predicted octanol–water partition coefficient (Wildman–Crippen LogP) is 2.29. The van der Waals surface area contributed by atoms with Gasteiger partial charge in [0.1, 0.15) is 0 Å². The minimum atomic E-state index is 0.00523. The van der Waals surface area contributed by atoms with Crippen LogP contribution in [0.2, 0.25) is 0 Å². The largest absolute Gasteiger partial charge is 0.380 e. The number of carbonyl (C=O) groups is 1. The first kappa shape index (κ1) is 16.0. The molecule has 1 heterocycles. The Kier molecular flexibility index (Phi) is 5.76. The van der Waals surface area contributed by atoms with E-state index in [4.69, 9.17) is 4.74 Å². The van der Waals surface area contributed by atoms with Crippen molar-refractivity contribution in [1.29, 1.82) is 0 Å². The summed E-state index contributed by atoms with van der Waals surface area (Å²) in [5.74, 6) is 0.566. The molecule has 1 aliphatic rings. The summed E-state index contributed by atoms with van der Waals surface area (Å²) in [6.07, 6.45) is 1.16. The van der Waals surface area contributed by atoms with Crippen molar-refractivity contribution >= 4 is 5.91 Å². The van der Waals surface area contributed by atoms with Crippen LogP contribution in [0.3, 0.4) is 0 Å². The molecule has 2 rings (SSSR count). The molecular formula is C17H26N2O2. The van der Waals surface area contributed by atoms with Crippen molar-refractivity contribution < 1.29 is 9.53 Å². The van der Waals surface area contributed by atoms with Gasteiger partial charge in [0.25, 0.3) is 5.91 Å². The number of hydrogen-bond donors (Lipinski definition) is 1. The first-order valence-electron chi connectivity index (χ1n) is 7.71. The molecule has 21 heavy (non-hydrogen) atoms. The van der Waals surface area contributed by atoms with Gasteiger partial charge in [-0.15, -0.1) is 0 Å². The zero-order valence-electron chi connectivity index (χ0n) is 13.3. The van der Waals surface area contributed by atoms with Crippen molar-refractivity contribution in [2.45, 2.75) is 32.9 Å². The molecule has 0 unspecified atom stereocenters. The lowest BCUT2D eigenvalue weighted by Gasteiger charge is -2.20. The molecule has 1 fully saturated rings. The maximum atomic E-state index is 12.3. The number of methoxy groups -OCH3 is 1. The van der Waals surface area contributed by atoms with Crippen LogP contribution in [-0.4, -0.2) is 43.6 Å². The molecule has 4 nitrogen and oxygen atoms in total. The van der Waals surface area contributed by atoms with Crippen molar-refractivity contribution in [1.82, 2.24) is 10.2 Å². The molecule has 0 radical (unpaired) electrons. The summed E-state index contributed by atoms with van der Waals surface area (Å²) in [7, 11) is 1.65. The molecule has 1 atom stereocenters. The number of amides is 1. The van der Waals surface area contributed by atoms with Gasteiger partial charge in [-0.25, -0.2) is 0 Å². The SMILES string of the molecule is COCc1ccccc1C(=O)NC[C@@H]1CCN(C(C)C)C1. The summed E-state index contributed by atoms with van der Waals surface area (Å²) in [5.41, 5.74) is 1.66. The van der Waals surface area contributed by atoms with E-state index in [0.717, 1.165) is 37.2 Å². The van der Waals surface area contributed by atoms with Crippen molar-refractivity contribution in [3.05, 3.63) is 35.4 Å². The van der Waals surface area contributed by atoms with Crippen LogP contribution in [0.1, 0.15) is 36.2 Å². The Hall–Kier alpha value is -1.39. The average Bonchev–Trinajstić information content (AvgIpc) is 2.95. The molecule has 1 N–H and O–H groups in total. The fourth-order valence-corrected chi connectivity index (χ4v) is 2.85. The number of nitrogens with one attached hydrogen (secondary N) is 1. The molecule has 0 aliphatic carbocycles. The second-order valence-corrected chi connectivity index (χ2v) is 6.04. The Bertz CT molecular complexity index is 474. The van der Waals surface area contributed by atoms with Gasteiger partial charge in [-0.2, -0.15) is 0 Å². The van der Waals surface area contributed by atoms with E-state index in [-0.39, 0.29) is 5.91 Å². The molecule has 1 amide bonds. The molecule has 0 aromatic heterocycles. The lowest BCUT2D eigenvalue weighted by Crippen LogP contribution is -2.33. The quantitative estimate of drug-likeness (QED) is 0.874. The van der Waals surface area contributed by atoms with Gasteiger partial charge < -0.3 is 15.0 Å². The van der Waals surface area contributed by atoms with Gasteiger partial charge in [0, 0.05) is 31.8 Å². The van der Waals surface area contributed by atoms with E-state index in [1.54, 1.807) is 7.11 Å². The first-order chi connectivity index (χ1) is 10.1.